The summed E-state index contributed by atoms with van der Waals surface area (Å²) >= 11 is 5.81. The molecule has 0 radical (unpaired) electrons. The molecule has 0 saturated heterocycles. The molecule has 12 heteroatoms. The van der Waals surface area contributed by atoms with Crippen LogP contribution >= 0.6 is 11.6 Å². The van der Waals surface area contributed by atoms with E-state index in [0.29, 0.717) is 16.8 Å². The minimum atomic E-state index is -4.59. The monoisotopic (exact) mass is 498 g/mol. The standard InChI is InChI=1S/C21H14ClF3N2O5S/c1-26-33(30,31)12-8-13(20(28)29)19-18(9-12)32-17-7-11(3-5-16(17)27-19)10-2-4-14(15(22)6-10)21(23,24)25/h2-9,26-27H,1H3,(H,28,29). The highest BCUT2D eigenvalue weighted by molar-refractivity contribution is 7.89. The van der Waals surface area contributed by atoms with E-state index in [1.165, 1.54) is 31.3 Å². The SMILES string of the molecule is CNS(=O)(=O)c1cc2c(c(C(=O)O)c1)Nc1ccc(-c3ccc(C(F)(F)F)c(Cl)c3)cc1O2. The lowest BCUT2D eigenvalue weighted by molar-refractivity contribution is -0.137. The van der Waals surface area contributed by atoms with E-state index < -0.39 is 32.8 Å². The van der Waals surface area contributed by atoms with Crippen LogP contribution in [0.5, 0.6) is 11.5 Å². The Balaban J connectivity index is 1.77. The molecule has 3 N–H and O–H groups in total. The van der Waals surface area contributed by atoms with Crippen molar-refractivity contribution >= 4 is 39.0 Å². The Labute approximate surface area is 190 Å². The van der Waals surface area contributed by atoms with E-state index in [0.717, 1.165) is 12.1 Å². The van der Waals surface area contributed by atoms with E-state index >= 15 is 0 Å². The Morgan fingerprint density at radius 3 is 2.33 bits per heavy atom. The number of benzene rings is 3. The van der Waals surface area contributed by atoms with Crippen LogP contribution in [0, 0.1) is 0 Å². The van der Waals surface area contributed by atoms with Crippen molar-refractivity contribution < 1.29 is 36.2 Å². The second-order valence-electron chi connectivity index (χ2n) is 6.99. The van der Waals surface area contributed by atoms with Crippen molar-refractivity contribution in [2.45, 2.75) is 11.1 Å². The summed E-state index contributed by atoms with van der Waals surface area (Å²) in [4.78, 5) is 11.4. The van der Waals surface area contributed by atoms with Gasteiger partial charge in [-0.05, 0) is 48.5 Å². The third-order valence-electron chi connectivity index (χ3n) is 4.95. The van der Waals surface area contributed by atoms with E-state index in [2.05, 4.69) is 10.0 Å². The number of rotatable bonds is 4. The van der Waals surface area contributed by atoms with Crippen LogP contribution in [0.4, 0.5) is 24.5 Å². The molecule has 3 aromatic rings. The van der Waals surface area contributed by atoms with E-state index in [1.807, 2.05) is 0 Å². The molecule has 4 rings (SSSR count). The van der Waals surface area contributed by atoms with Crippen LogP contribution in [0.25, 0.3) is 11.1 Å². The van der Waals surface area contributed by atoms with Gasteiger partial charge in [-0.25, -0.2) is 17.9 Å². The first-order chi connectivity index (χ1) is 15.4. The number of carbonyl (C=O) groups is 1. The topological polar surface area (TPSA) is 105 Å². The smallest absolute Gasteiger partial charge is 0.417 e. The number of anilines is 2. The molecule has 0 unspecified atom stereocenters. The van der Waals surface area contributed by atoms with Crippen molar-refractivity contribution in [2.75, 3.05) is 12.4 Å². The summed E-state index contributed by atoms with van der Waals surface area (Å²) in [5.41, 5.74) is 0.0455. The average Bonchev–Trinajstić information content (AvgIpc) is 2.75. The number of alkyl halides is 3. The normalized spacial score (nSPS) is 12.9. The molecule has 1 aliphatic rings. The highest BCUT2D eigenvalue weighted by Gasteiger charge is 2.33. The number of carboxylic acids is 1. The number of nitrogens with one attached hydrogen (secondary N) is 2. The first kappa shape index (κ1) is 22.9. The molecule has 0 bridgehead atoms. The Morgan fingerprint density at radius 2 is 1.73 bits per heavy atom. The zero-order chi connectivity index (χ0) is 24.1. The van der Waals surface area contributed by atoms with Gasteiger partial charge in [-0.3, -0.25) is 0 Å². The van der Waals surface area contributed by atoms with Crippen molar-refractivity contribution in [1.29, 1.82) is 0 Å². The van der Waals surface area contributed by atoms with Crippen molar-refractivity contribution in [3.8, 4) is 22.6 Å². The van der Waals surface area contributed by atoms with Gasteiger partial charge in [0.25, 0.3) is 0 Å². The molecule has 7 nitrogen and oxygen atoms in total. The van der Waals surface area contributed by atoms with Gasteiger partial charge in [-0.15, -0.1) is 0 Å². The lowest BCUT2D eigenvalue weighted by Crippen LogP contribution is -2.20. The third kappa shape index (κ3) is 4.22. The number of aromatic carboxylic acids is 1. The van der Waals surface area contributed by atoms with Crippen LogP contribution in [-0.4, -0.2) is 26.5 Å². The number of hydrogen-bond donors (Lipinski definition) is 3. The van der Waals surface area contributed by atoms with Gasteiger partial charge in [0.05, 0.1) is 32.4 Å². The predicted molar refractivity (Wildman–Crippen MR) is 115 cm³/mol. The van der Waals surface area contributed by atoms with Crippen LogP contribution in [0.1, 0.15) is 15.9 Å². The molecule has 1 aliphatic heterocycles. The molecule has 0 spiro atoms. The van der Waals surface area contributed by atoms with E-state index in [9.17, 15) is 31.5 Å². The van der Waals surface area contributed by atoms with E-state index in [-0.39, 0.29) is 27.6 Å². The number of ether oxygens (including phenoxy) is 1. The first-order valence-electron chi connectivity index (χ1n) is 9.21. The Morgan fingerprint density at radius 1 is 1.06 bits per heavy atom. The maximum absolute atomic E-state index is 13.0. The first-order valence-corrected chi connectivity index (χ1v) is 11.1. The van der Waals surface area contributed by atoms with Crippen LogP contribution < -0.4 is 14.8 Å². The second-order valence-corrected chi connectivity index (χ2v) is 9.28. The fourth-order valence-electron chi connectivity index (χ4n) is 3.31. The summed E-state index contributed by atoms with van der Waals surface area (Å²) in [6.07, 6.45) is -4.59. The van der Waals surface area contributed by atoms with Crippen molar-refractivity contribution in [3.05, 3.63) is 64.7 Å². The Kier molecular flexibility index (Phi) is 5.51. The summed E-state index contributed by atoms with van der Waals surface area (Å²) in [6, 6.07) is 10.2. The molecule has 0 atom stereocenters. The molecule has 0 aromatic heterocycles. The summed E-state index contributed by atoms with van der Waals surface area (Å²) in [5.74, 6) is -1.19. The van der Waals surface area contributed by atoms with E-state index in [1.54, 1.807) is 12.1 Å². The van der Waals surface area contributed by atoms with Crippen LogP contribution in [0.15, 0.2) is 53.4 Å². The van der Waals surface area contributed by atoms with Crippen LogP contribution in [-0.2, 0) is 16.2 Å². The van der Waals surface area contributed by atoms with Gasteiger partial charge in [-0.1, -0.05) is 23.7 Å². The summed E-state index contributed by atoms with van der Waals surface area (Å²) in [5, 5.41) is 12.0. The molecule has 33 heavy (non-hydrogen) atoms. The molecule has 172 valence electrons. The van der Waals surface area contributed by atoms with Crippen molar-refractivity contribution in [2.24, 2.45) is 0 Å². The number of carboxylic acid groups (broad SMARTS) is 1. The third-order valence-corrected chi connectivity index (χ3v) is 6.66. The number of sulfonamides is 1. The molecule has 0 saturated carbocycles. The zero-order valence-electron chi connectivity index (χ0n) is 16.6. The van der Waals surface area contributed by atoms with Gasteiger partial charge in [-0.2, -0.15) is 13.2 Å². The Bertz CT molecular complexity index is 1410. The molecule has 0 aliphatic carbocycles. The van der Waals surface area contributed by atoms with Gasteiger partial charge in [0.1, 0.15) is 0 Å². The zero-order valence-corrected chi connectivity index (χ0v) is 18.2. The number of fused-ring (bicyclic) bond motifs is 2. The molecular weight excluding hydrogens is 485 g/mol. The van der Waals surface area contributed by atoms with Crippen LogP contribution in [0.2, 0.25) is 5.02 Å². The average molecular weight is 499 g/mol. The molecule has 0 amide bonds. The van der Waals surface area contributed by atoms with Gasteiger partial charge in [0.2, 0.25) is 10.0 Å². The molecule has 1 heterocycles. The van der Waals surface area contributed by atoms with Gasteiger partial charge < -0.3 is 15.2 Å². The molecule has 0 fully saturated rings. The summed E-state index contributed by atoms with van der Waals surface area (Å²) in [6.45, 7) is 0. The minimum Gasteiger partial charge on any atom is -0.478 e. The molecule has 3 aromatic carbocycles. The van der Waals surface area contributed by atoms with Gasteiger partial charge >= 0.3 is 12.1 Å². The van der Waals surface area contributed by atoms with Crippen LogP contribution in [0.3, 0.4) is 0 Å². The number of hydrogen-bond acceptors (Lipinski definition) is 5. The minimum absolute atomic E-state index is 0.0428. The largest absolute Gasteiger partial charge is 0.478 e. The second kappa shape index (κ2) is 7.94. The summed E-state index contributed by atoms with van der Waals surface area (Å²) < 4.78 is 71.2. The van der Waals surface area contributed by atoms with E-state index in [4.69, 9.17) is 16.3 Å². The highest BCUT2D eigenvalue weighted by Crippen LogP contribution is 2.46. The lowest BCUT2D eigenvalue weighted by Gasteiger charge is -2.24. The fraction of sp³-hybridized carbons (Fsp3) is 0.0952. The van der Waals surface area contributed by atoms with Gasteiger partial charge in [0, 0.05) is 6.07 Å². The fourth-order valence-corrected chi connectivity index (χ4v) is 4.37. The summed E-state index contributed by atoms with van der Waals surface area (Å²) in [7, 11) is -2.78. The predicted octanol–water partition coefficient (Wildman–Crippen LogP) is 5.48. The maximum Gasteiger partial charge on any atom is 0.417 e. The Hall–Kier alpha value is -3.28. The molecular formula is C21H14ClF3N2O5S. The number of halogens is 4. The maximum atomic E-state index is 13.0. The quantitative estimate of drug-likeness (QED) is 0.344. The van der Waals surface area contributed by atoms with Crippen molar-refractivity contribution in [1.82, 2.24) is 4.72 Å². The highest BCUT2D eigenvalue weighted by atomic mass is 35.5. The van der Waals surface area contributed by atoms with Gasteiger partial charge in [0.15, 0.2) is 11.5 Å². The van der Waals surface area contributed by atoms with Crippen molar-refractivity contribution in [3.63, 3.8) is 0 Å². The lowest BCUT2D eigenvalue weighted by atomic mass is 10.0.